The van der Waals surface area contributed by atoms with Gasteiger partial charge in [-0.05, 0) is 42.3 Å². The minimum atomic E-state index is 0.0179. The van der Waals surface area contributed by atoms with Crippen molar-refractivity contribution in [2.45, 2.75) is 13.5 Å². The van der Waals surface area contributed by atoms with Gasteiger partial charge in [-0.3, -0.25) is 0 Å². The smallest absolute Gasteiger partial charge is 0.147 e. The van der Waals surface area contributed by atoms with E-state index >= 15 is 0 Å². The maximum absolute atomic E-state index is 9.10. The van der Waals surface area contributed by atoms with E-state index < -0.39 is 0 Å². The minimum absolute atomic E-state index is 0.0179. The third-order valence-electron chi connectivity index (χ3n) is 2.63. The molecule has 0 heterocycles. The summed E-state index contributed by atoms with van der Waals surface area (Å²) >= 11 is 12.0. The molecule has 0 saturated carbocycles. The molecule has 18 heavy (non-hydrogen) atoms. The van der Waals surface area contributed by atoms with Gasteiger partial charge in [0.25, 0.3) is 0 Å². The normalized spacial score (nSPS) is 10.4. The third kappa shape index (κ3) is 2.78. The number of halogens is 2. The molecule has 0 saturated heterocycles. The Morgan fingerprint density at radius 3 is 2.61 bits per heavy atom. The SMILES string of the molecule is Cc1cc(Oc2cccc(Cl)c2Cl)ccc1CO. The van der Waals surface area contributed by atoms with Crippen LogP contribution in [0, 0.1) is 6.92 Å². The Labute approximate surface area is 116 Å². The highest BCUT2D eigenvalue weighted by molar-refractivity contribution is 6.42. The Morgan fingerprint density at radius 2 is 1.94 bits per heavy atom. The predicted octanol–water partition coefficient (Wildman–Crippen LogP) is 4.59. The highest BCUT2D eigenvalue weighted by Crippen LogP contribution is 2.34. The van der Waals surface area contributed by atoms with Crippen molar-refractivity contribution < 1.29 is 9.84 Å². The second-order valence-corrected chi connectivity index (χ2v) is 4.69. The highest BCUT2D eigenvalue weighted by atomic mass is 35.5. The minimum Gasteiger partial charge on any atom is -0.456 e. The Morgan fingerprint density at radius 1 is 1.17 bits per heavy atom. The van der Waals surface area contributed by atoms with E-state index in [1.807, 2.05) is 19.1 Å². The van der Waals surface area contributed by atoms with Gasteiger partial charge in [-0.15, -0.1) is 0 Å². The molecule has 2 rings (SSSR count). The maximum atomic E-state index is 9.10. The maximum Gasteiger partial charge on any atom is 0.147 e. The van der Waals surface area contributed by atoms with Crippen LogP contribution in [-0.4, -0.2) is 5.11 Å². The topological polar surface area (TPSA) is 29.5 Å². The van der Waals surface area contributed by atoms with E-state index in [4.69, 9.17) is 33.0 Å². The van der Waals surface area contributed by atoms with Gasteiger partial charge in [0, 0.05) is 0 Å². The van der Waals surface area contributed by atoms with E-state index in [1.165, 1.54) is 0 Å². The highest BCUT2D eigenvalue weighted by Gasteiger charge is 2.07. The monoisotopic (exact) mass is 282 g/mol. The number of hydrogen-bond donors (Lipinski definition) is 1. The second kappa shape index (κ2) is 5.61. The fourth-order valence-electron chi connectivity index (χ4n) is 1.60. The van der Waals surface area contributed by atoms with Gasteiger partial charge >= 0.3 is 0 Å². The largest absolute Gasteiger partial charge is 0.456 e. The first-order chi connectivity index (χ1) is 8.61. The molecule has 0 amide bonds. The van der Waals surface area contributed by atoms with E-state index in [0.717, 1.165) is 11.1 Å². The molecule has 0 aliphatic rings. The lowest BCUT2D eigenvalue weighted by molar-refractivity contribution is 0.281. The Kier molecular flexibility index (Phi) is 4.12. The summed E-state index contributed by atoms with van der Waals surface area (Å²) in [6.45, 7) is 1.93. The van der Waals surface area contributed by atoms with E-state index in [2.05, 4.69) is 0 Å². The first kappa shape index (κ1) is 13.2. The van der Waals surface area contributed by atoms with Crippen molar-refractivity contribution in [3.63, 3.8) is 0 Å². The molecule has 0 aliphatic carbocycles. The predicted molar refractivity (Wildman–Crippen MR) is 73.6 cm³/mol. The lowest BCUT2D eigenvalue weighted by Gasteiger charge is -2.10. The average molecular weight is 283 g/mol. The van der Waals surface area contributed by atoms with Crippen LogP contribution in [0.4, 0.5) is 0 Å². The molecule has 4 heteroatoms. The van der Waals surface area contributed by atoms with E-state index in [9.17, 15) is 0 Å². The summed E-state index contributed by atoms with van der Waals surface area (Å²) in [4.78, 5) is 0. The van der Waals surface area contributed by atoms with Crippen LogP contribution >= 0.6 is 23.2 Å². The zero-order valence-corrected chi connectivity index (χ0v) is 11.3. The van der Waals surface area contributed by atoms with Gasteiger partial charge in [0.05, 0.1) is 11.6 Å². The van der Waals surface area contributed by atoms with Crippen molar-refractivity contribution in [1.82, 2.24) is 0 Å². The average Bonchev–Trinajstić information content (AvgIpc) is 2.35. The van der Waals surface area contributed by atoms with Gasteiger partial charge in [-0.25, -0.2) is 0 Å². The molecule has 94 valence electrons. The molecule has 0 bridgehead atoms. The number of benzene rings is 2. The molecular formula is C14H12Cl2O2. The van der Waals surface area contributed by atoms with Gasteiger partial charge in [-0.2, -0.15) is 0 Å². The summed E-state index contributed by atoms with van der Waals surface area (Å²) in [7, 11) is 0. The van der Waals surface area contributed by atoms with Gasteiger partial charge < -0.3 is 9.84 Å². The Balaban J connectivity index is 2.29. The molecule has 0 radical (unpaired) electrons. The molecule has 1 N–H and O–H groups in total. The van der Waals surface area contributed by atoms with Gasteiger partial charge in [0.2, 0.25) is 0 Å². The summed E-state index contributed by atoms with van der Waals surface area (Å²) in [5.74, 6) is 1.18. The summed E-state index contributed by atoms with van der Waals surface area (Å²) in [6.07, 6.45) is 0. The molecule has 0 aliphatic heterocycles. The van der Waals surface area contributed by atoms with Crippen molar-refractivity contribution in [3.8, 4) is 11.5 Å². The summed E-state index contributed by atoms with van der Waals surface area (Å²) in [6, 6.07) is 10.7. The fourth-order valence-corrected chi connectivity index (χ4v) is 1.93. The van der Waals surface area contributed by atoms with E-state index in [1.54, 1.807) is 24.3 Å². The summed E-state index contributed by atoms with van der Waals surface area (Å²) < 4.78 is 5.67. The van der Waals surface area contributed by atoms with Crippen LogP contribution in [-0.2, 0) is 6.61 Å². The molecule has 0 spiro atoms. The molecule has 0 fully saturated rings. The molecule has 0 unspecified atom stereocenters. The second-order valence-electron chi connectivity index (χ2n) is 3.90. The van der Waals surface area contributed by atoms with Crippen LogP contribution in [0.3, 0.4) is 0 Å². The first-order valence-electron chi connectivity index (χ1n) is 5.44. The molecule has 2 aromatic carbocycles. The van der Waals surface area contributed by atoms with Crippen molar-refractivity contribution >= 4 is 23.2 Å². The van der Waals surface area contributed by atoms with Crippen LogP contribution in [0.25, 0.3) is 0 Å². The van der Waals surface area contributed by atoms with Crippen molar-refractivity contribution in [2.75, 3.05) is 0 Å². The summed E-state index contributed by atoms with van der Waals surface area (Å²) in [5.41, 5.74) is 1.84. The van der Waals surface area contributed by atoms with Crippen LogP contribution in [0.5, 0.6) is 11.5 Å². The van der Waals surface area contributed by atoms with Crippen LogP contribution in [0.1, 0.15) is 11.1 Å². The van der Waals surface area contributed by atoms with Gasteiger partial charge in [0.1, 0.15) is 16.5 Å². The molecule has 2 aromatic rings. The standard InChI is InChI=1S/C14H12Cl2O2/c1-9-7-11(6-5-10(9)8-17)18-13-4-2-3-12(15)14(13)16/h2-7,17H,8H2,1H3. The van der Waals surface area contributed by atoms with Crippen LogP contribution in [0.2, 0.25) is 10.0 Å². The molecule has 0 aromatic heterocycles. The number of rotatable bonds is 3. The Hall–Kier alpha value is -1.22. The molecule has 2 nitrogen and oxygen atoms in total. The number of aliphatic hydroxyl groups is 1. The van der Waals surface area contributed by atoms with Crippen LogP contribution in [0.15, 0.2) is 36.4 Å². The lowest BCUT2D eigenvalue weighted by Crippen LogP contribution is -1.91. The number of hydrogen-bond acceptors (Lipinski definition) is 2. The van der Waals surface area contributed by atoms with E-state index in [-0.39, 0.29) is 6.61 Å². The van der Waals surface area contributed by atoms with Gasteiger partial charge in [-0.1, -0.05) is 35.3 Å². The quantitative estimate of drug-likeness (QED) is 0.893. The third-order valence-corrected chi connectivity index (χ3v) is 3.43. The van der Waals surface area contributed by atoms with Crippen molar-refractivity contribution in [2.24, 2.45) is 0 Å². The zero-order chi connectivity index (χ0) is 13.1. The van der Waals surface area contributed by atoms with Gasteiger partial charge in [0.15, 0.2) is 0 Å². The Bertz CT molecular complexity index is 568. The first-order valence-corrected chi connectivity index (χ1v) is 6.19. The van der Waals surface area contributed by atoms with Crippen LogP contribution < -0.4 is 4.74 Å². The summed E-state index contributed by atoms with van der Waals surface area (Å²) in [5, 5.41) is 9.95. The molecule has 0 atom stereocenters. The van der Waals surface area contributed by atoms with E-state index in [0.29, 0.717) is 21.5 Å². The lowest BCUT2D eigenvalue weighted by atomic mass is 10.1. The number of ether oxygens (including phenoxy) is 1. The van der Waals surface area contributed by atoms with Crippen molar-refractivity contribution in [1.29, 1.82) is 0 Å². The molecular weight excluding hydrogens is 271 g/mol. The van der Waals surface area contributed by atoms with Crippen molar-refractivity contribution in [3.05, 3.63) is 57.6 Å². The zero-order valence-electron chi connectivity index (χ0n) is 9.78. The number of aryl methyl sites for hydroxylation is 1. The fraction of sp³-hybridized carbons (Fsp3) is 0.143. The number of aliphatic hydroxyl groups excluding tert-OH is 1.